The highest BCUT2D eigenvalue weighted by molar-refractivity contribution is 9.10. The predicted octanol–water partition coefficient (Wildman–Crippen LogP) is 4.53. The van der Waals surface area contributed by atoms with Gasteiger partial charge in [-0.1, -0.05) is 13.3 Å². The summed E-state index contributed by atoms with van der Waals surface area (Å²) in [7, 11) is 0. The third-order valence-corrected chi connectivity index (χ3v) is 4.35. The molecule has 0 atom stereocenters. The average Bonchev–Trinajstić information content (AvgIpc) is 2.34. The second kappa shape index (κ2) is 5.85. The molecule has 1 heterocycles. The fourth-order valence-corrected chi connectivity index (χ4v) is 3.13. The van der Waals surface area contributed by atoms with Crippen LogP contribution in [0.3, 0.4) is 0 Å². The Morgan fingerprint density at radius 3 is 2.65 bits per heavy atom. The van der Waals surface area contributed by atoms with E-state index < -0.39 is 0 Å². The molecule has 0 amide bonds. The Morgan fingerprint density at radius 1 is 1.35 bits per heavy atom. The third-order valence-electron chi connectivity index (χ3n) is 3.74. The second-order valence-corrected chi connectivity index (χ2v) is 5.97. The van der Waals surface area contributed by atoms with Crippen molar-refractivity contribution in [1.29, 1.82) is 0 Å². The van der Waals surface area contributed by atoms with E-state index in [0.717, 1.165) is 16.2 Å². The van der Waals surface area contributed by atoms with Gasteiger partial charge < -0.3 is 5.32 Å². The Bertz CT molecular complexity index is 370. The zero-order valence-corrected chi connectivity index (χ0v) is 12.3. The van der Waals surface area contributed by atoms with Gasteiger partial charge in [0.25, 0.3) is 0 Å². The number of hydrogen-bond acceptors (Lipinski definition) is 2. The van der Waals surface area contributed by atoms with E-state index in [1.54, 1.807) is 0 Å². The molecule has 0 bridgehead atoms. The van der Waals surface area contributed by atoms with Gasteiger partial charge in [-0.2, -0.15) is 0 Å². The summed E-state index contributed by atoms with van der Waals surface area (Å²) in [6, 6.07) is 2.72. The first-order chi connectivity index (χ1) is 8.19. The van der Waals surface area contributed by atoms with Gasteiger partial charge in [-0.3, -0.25) is 0 Å². The van der Waals surface area contributed by atoms with Crippen molar-refractivity contribution in [2.24, 2.45) is 5.92 Å². The minimum atomic E-state index is 0.601. The topological polar surface area (TPSA) is 24.9 Å². The van der Waals surface area contributed by atoms with Gasteiger partial charge >= 0.3 is 0 Å². The molecule has 1 fully saturated rings. The third kappa shape index (κ3) is 3.44. The highest BCUT2D eigenvalue weighted by Crippen LogP contribution is 2.29. The van der Waals surface area contributed by atoms with Crippen molar-refractivity contribution in [3.63, 3.8) is 0 Å². The van der Waals surface area contributed by atoms with Crippen LogP contribution in [0.15, 0.2) is 16.7 Å². The van der Waals surface area contributed by atoms with Crippen LogP contribution in [0, 0.1) is 12.8 Å². The van der Waals surface area contributed by atoms with Gasteiger partial charge in [0, 0.05) is 12.2 Å². The van der Waals surface area contributed by atoms with Crippen molar-refractivity contribution in [1.82, 2.24) is 4.98 Å². The molecule has 1 aromatic heterocycles. The lowest BCUT2D eigenvalue weighted by Crippen LogP contribution is -2.26. The molecule has 94 valence electrons. The van der Waals surface area contributed by atoms with Crippen molar-refractivity contribution in [3.8, 4) is 0 Å². The van der Waals surface area contributed by atoms with Crippen molar-refractivity contribution in [2.75, 3.05) is 5.32 Å². The molecule has 2 nitrogen and oxygen atoms in total. The predicted molar refractivity (Wildman–Crippen MR) is 76.3 cm³/mol. The average molecular weight is 297 g/mol. The van der Waals surface area contributed by atoms with Crippen molar-refractivity contribution in [3.05, 3.63) is 22.3 Å². The van der Waals surface area contributed by atoms with E-state index in [0.29, 0.717) is 6.04 Å². The SMILES string of the molecule is CCC1CCC(Nc2ncc(C)cc2Br)CC1. The van der Waals surface area contributed by atoms with Crippen molar-refractivity contribution >= 4 is 21.7 Å². The first-order valence-electron chi connectivity index (χ1n) is 6.57. The standard InChI is InChI=1S/C14H21BrN2/c1-3-11-4-6-12(7-5-11)17-14-13(15)8-10(2)9-16-14/h8-9,11-12H,3-7H2,1-2H3,(H,16,17). The van der Waals surface area contributed by atoms with Crippen molar-refractivity contribution < 1.29 is 0 Å². The van der Waals surface area contributed by atoms with E-state index in [4.69, 9.17) is 0 Å². The molecule has 0 aliphatic heterocycles. The summed E-state index contributed by atoms with van der Waals surface area (Å²) >= 11 is 3.57. The zero-order chi connectivity index (χ0) is 12.3. The number of nitrogens with zero attached hydrogens (tertiary/aromatic N) is 1. The molecule has 0 radical (unpaired) electrons. The normalized spacial score (nSPS) is 24.6. The summed E-state index contributed by atoms with van der Waals surface area (Å²) in [6.07, 6.45) is 8.53. The molecule has 0 aromatic carbocycles. The van der Waals surface area contributed by atoms with Crippen LogP contribution >= 0.6 is 15.9 Å². The lowest BCUT2D eigenvalue weighted by atomic mass is 9.84. The van der Waals surface area contributed by atoms with E-state index in [1.807, 2.05) is 6.20 Å². The van der Waals surface area contributed by atoms with Gasteiger partial charge in [0.05, 0.1) is 4.47 Å². The van der Waals surface area contributed by atoms with Gasteiger partial charge in [-0.05, 0) is 66.1 Å². The van der Waals surface area contributed by atoms with Crippen molar-refractivity contribution in [2.45, 2.75) is 52.0 Å². The lowest BCUT2D eigenvalue weighted by molar-refractivity contribution is 0.330. The monoisotopic (exact) mass is 296 g/mol. The number of aromatic nitrogens is 1. The number of halogens is 1. The number of anilines is 1. The van der Waals surface area contributed by atoms with Gasteiger partial charge in [0.2, 0.25) is 0 Å². The summed E-state index contributed by atoms with van der Waals surface area (Å²) in [4.78, 5) is 4.45. The lowest BCUT2D eigenvalue weighted by Gasteiger charge is -2.29. The molecule has 0 saturated heterocycles. The molecular weight excluding hydrogens is 276 g/mol. The number of rotatable bonds is 3. The summed E-state index contributed by atoms with van der Waals surface area (Å²) in [5.41, 5.74) is 1.19. The molecule has 1 aliphatic rings. The molecule has 1 saturated carbocycles. The van der Waals surface area contributed by atoms with E-state index in [-0.39, 0.29) is 0 Å². The fraction of sp³-hybridized carbons (Fsp3) is 0.643. The molecule has 0 unspecified atom stereocenters. The Morgan fingerprint density at radius 2 is 2.06 bits per heavy atom. The Kier molecular flexibility index (Phi) is 4.43. The first-order valence-corrected chi connectivity index (χ1v) is 7.37. The van der Waals surface area contributed by atoms with Gasteiger partial charge in [-0.25, -0.2) is 4.98 Å². The molecule has 3 heteroatoms. The number of nitrogens with one attached hydrogen (secondary N) is 1. The minimum Gasteiger partial charge on any atom is -0.366 e. The minimum absolute atomic E-state index is 0.601. The van der Waals surface area contributed by atoms with E-state index in [1.165, 1.54) is 37.7 Å². The Hall–Kier alpha value is -0.570. The van der Waals surface area contributed by atoms with Gasteiger partial charge in [-0.15, -0.1) is 0 Å². The second-order valence-electron chi connectivity index (χ2n) is 5.11. The maximum atomic E-state index is 4.45. The molecule has 1 aromatic rings. The summed E-state index contributed by atoms with van der Waals surface area (Å²) in [5, 5.41) is 3.56. The van der Waals surface area contributed by atoms with Crippen LogP contribution in [0.5, 0.6) is 0 Å². The smallest absolute Gasteiger partial charge is 0.140 e. The van der Waals surface area contributed by atoms with E-state index in [9.17, 15) is 0 Å². The van der Waals surface area contributed by atoms with Gasteiger partial charge in [0.1, 0.15) is 5.82 Å². The number of pyridine rings is 1. The molecule has 1 N–H and O–H groups in total. The van der Waals surface area contributed by atoms with Crippen LogP contribution in [0.25, 0.3) is 0 Å². The van der Waals surface area contributed by atoms with Crippen LogP contribution in [-0.4, -0.2) is 11.0 Å². The summed E-state index contributed by atoms with van der Waals surface area (Å²) in [6.45, 7) is 4.37. The van der Waals surface area contributed by atoms with Crippen LogP contribution in [0.1, 0.15) is 44.6 Å². The highest BCUT2D eigenvalue weighted by Gasteiger charge is 2.20. The van der Waals surface area contributed by atoms with Crippen LogP contribution in [-0.2, 0) is 0 Å². The molecule has 0 spiro atoms. The molecule has 17 heavy (non-hydrogen) atoms. The largest absolute Gasteiger partial charge is 0.366 e. The quantitative estimate of drug-likeness (QED) is 0.886. The maximum Gasteiger partial charge on any atom is 0.140 e. The zero-order valence-electron chi connectivity index (χ0n) is 10.7. The van der Waals surface area contributed by atoms with E-state index >= 15 is 0 Å². The Balaban J connectivity index is 1.93. The summed E-state index contributed by atoms with van der Waals surface area (Å²) in [5.74, 6) is 1.94. The fourth-order valence-electron chi connectivity index (χ4n) is 2.55. The first kappa shape index (κ1) is 12.9. The molecule has 2 rings (SSSR count). The summed E-state index contributed by atoms with van der Waals surface area (Å²) < 4.78 is 1.08. The van der Waals surface area contributed by atoms with Crippen LogP contribution < -0.4 is 5.32 Å². The van der Waals surface area contributed by atoms with E-state index in [2.05, 4.69) is 46.1 Å². The number of aryl methyl sites for hydroxylation is 1. The maximum absolute atomic E-state index is 4.45. The number of hydrogen-bond donors (Lipinski definition) is 1. The van der Waals surface area contributed by atoms with Crippen LogP contribution in [0.4, 0.5) is 5.82 Å². The van der Waals surface area contributed by atoms with Gasteiger partial charge in [0.15, 0.2) is 0 Å². The highest BCUT2D eigenvalue weighted by atomic mass is 79.9. The Labute approximate surface area is 112 Å². The molecule has 1 aliphatic carbocycles. The molecular formula is C14H21BrN2. The van der Waals surface area contributed by atoms with Crippen LogP contribution in [0.2, 0.25) is 0 Å².